The Hall–Kier alpha value is -0.870. The minimum absolute atomic E-state index is 0.122. The Labute approximate surface area is 103 Å². The normalized spacial score (nSPS) is 27.1. The fourth-order valence-electron chi connectivity index (χ4n) is 2.80. The van der Waals surface area contributed by atoms with Gasteiger partial charge in [-0.1, -0.05) is 0 Å². The molecule has 1 aromatic rings. The van der Waals surface area contributed by atoms with E-state index in [1.54, 1.807) is 0 Å². The van der Waals surface area contributed by atoms with Gasteiger partial charge >= 0.3 is 0 Å². The number of aliphatic hydroxyl groups is 1. The molecule has 96 valence electrons. The Morgan fingerprint density at radius 3 is 2.88 bits per heavy atom. The van der Waals surface area contributed by atoms with Crippen molar-refractivity contribution in [2.45, 2.75) is 57.7 Å². The van der Waals surface area contributed by atoms with Crippen LogP contribution in [0.4, 0.5) is 0 Å². The van der Waals surface area contributed by atoms with Gasteiger partial charge in [-0.25, -0.2) is 0 Å². The lowest BCUT2D eigenvalue weighted by atomic mass is 9.92. The van der Waals surface area contributed by atoms with Gasteiger partial charge in [-0.15, -0.1) is 0 Å². The highest BCUT2D eigenvalue weighted by atomic mass is 16.3. The molecule has 1 heterocycles. The van der Waals surface area contributed by atoms with Gasteiger partial charge in [-0.3, -0.25) is 4.68 Å². The summed E-state index contributed by atoms with van der Waals surface area (Å²) in [6.07, 6.45) is 6.08. The van der Waals surface area contributed by atoms with E-state index < -0.39 is 0 Å². The van der Waals surface area contributed by atoms with E-state index in [4.69, 9.17) is 0 Å². The fourth-order valence-corrected chi connectivity index (χ4v) is 2.80. The van der Waals surface area contributed by atoms with Gasteiger partial charge in [0, 0.05) is 30.9 Å². The van der Waals surface area contributed by atoms with E-state index in [9.17, 15) is 5.11 Å². The Kier molecular flexibility index (Phi) is 3.84. The zero-order valence-corrected chi connectivity index (χ0v) is 11.0. The lowest BCUT2D eigenvalue weighted by Crippen LogP contribution is -2.37. The highest BCUT2D eigenvalue weighted by Crippen LogP contribution is 2.22. The molecule has 0 bridgehead atoms. The first-order valence-corrected chi connectivity index (χ1v) is 6.50. The molecular weight excluding hydrogens is 214 g/mol. The van der Waals surface area contributed by atoms with Crippen molar-refractivity contribution in [2.75, 3.05) is 0 Å². The van der Waals surface area contributed by atoms with Crippen molar-refractivity contribution in [3.63, 3.8) is 0 Å². The summed E-state index contributed by atoms with van der Waals surface area (Å²) < 4.78 is 1.86. The molecule has 3 unspecified atom stereocenters. The number of nitrogens with zero attached hydrogens (tertiary/aromatic N) is 2. The van der Waals surface area contributed by atoms with Gasteiger partial charge in [0.25, 0.3) is 0 Å². The molecule has 0 aromatic carbocycles. The molecule has 0 aliphatic heterocycles. The number of aromatic nitrogens is 2. The average molecular weight is 237 g/mol. The van der Waals surface area contributed by atoms with Gasteiger partial charge in [0.2, 0.25) is 0 Å². The molecule has 0 amide bonds. The van der Waals surface area contributed by atoms with E-state index in [2.05, 4.69) is 23.5 Å². The monoisotopic (exact) mass is 237 g/mol. The molecule has 4 nitrogen and oxygen atoms in total. The molecule has 17 heavy (non-hydrogen) atoms. The van der Waals surface area contributed by atoms with Crippen LogP contribution in [0.1, 0.15) is 49.9 Å². The second kappa shape index (κ2) is 5.19. The third-order valence-corrected chi connectivity index (χ3v) is 3.65. The maximum Gasteiger partial charge on any atom is 0.0641 e. The maximum atomic E-state index is 9.67. The quantitative estimate of drug-likeness (QED) is 0.841. The largest absolute Gasteiger partial charge is 0.393 e. The number of rotatable bonds is 3. The molecule has 4 heteroatoms. The van der Waals surface area contributed by atoms with E-state index in [1.165, 1.54) is 12.0 Å². The number of aryl methyl sites for hydroxylation is 2. The van der Waals surface area contributed by atoms with Crippen LogP contribution in [0.2, 0.25) is 0 Å². The van der Waals surface area contributed by atoms with Gasteiger partial charge in [0.15, 0.2) is 0 Å². The standard InChI is InChI=1S/C13H23N3O/c1-9(13-8-16(3)15-10(13)2)14-11-5-4-6-12(17)7-11/h8-9,11-12,14,17H,4-7H2,1-3H3. The van der Waals surface area contributed by atoms with E-state index >= 15 is 0 Å². The third-order valence-electron chi connectivity index (χ3n) is 3.65. The van der Waals surface area contributed by atoms with Gasteiger partial charge in [-0.2, -0.15) is 5.10 Å². The zero-order valence-electron chi connectivity index (χ0n) is 11.0. The SMILES string of the molecule is Cc1nn(C)cc1C(C)NC1CCCC(O)C1. The van der Waals surface area contributed by atoms with Crippen molar-refractivity contribution < 1.29 is 5.11 Å². The molecule has 1 aliphatic rings. The van der Waals surface area contributed by atoms with Gasteiger partial charge in [0.05, 0.1) is 11.8 Å². The highest BCUT2D eigenvalue weighted by Gasteiger charge is 2.22. The van der Waals surface area contributed by atoms with Crippen LogP contribution in [-0.2, 0) is 7.05 Å². The zero-order chi connectivity index (χ0) is 12.4. The van der Waals surface area contributed by atoms with E-state index in [1.807, 2.05) is 18.7 Å². The molecule has 0 spiro atoms. The first-order chi connectivity index (χ1) is 8.06. The Morgan fingerprint density at radius 2 is 2.29 bits per heavy atom. The lowest BCUT2D eigenvalue weighted by Gasteiger charge is -2.29. The third kappa shape index (κ3) is 3.07. The molecule has 0 radical (unpaired) electrons. The van der Waals surface area contributed by atoms with Crippen molar-refractivity contribution in [1.29, 1.82) is 0 Å². The Bertz CT molecular complexity index is 375. The van der Waals surface area contributed by atoms with Crippen LogP contribution < -0.4 is 5.32 Å². The van der Waals surface area contributed by atoms with Crippen molar-refractivity contribution in [1.82, 2.24) is 15.1 Å². The summed E-state index contributed by atoms with van der Waals surface area (Å²) in [4.78, 5) is 0. The Balaban J connectivity index is 1.96. The number of nitrogens with one attached hydrogen (secondary N) is 1. The van der Waals surface area contributed by atoms with Crippen molar-refractivity contribution in [3.8, 4) is 0 Å². The van der Waals surface area contributed by atoms with Crippen LogP contribution in [0.5, 0.6) is 0 Å². The first kappa shape index (κ1) is 12.6. The van der Waals surface area contributed by atoms with Crippen molar-refractivity contribution >= 4 is 0 Å². The second-order valence-electron chi connectivity index (χ2n) is 5.25. The molecule has 3 atom stereocenters. The molecule has 1 saturated carbocycles. The molecule has 2 N–H and O–H groups in total. The second-order valence-corrected chi connectivity index (χ2v) is 5.25. The first-order valence-electron chi connectivity index (χ1n) is 6.50. The molecular formula is C13H23N3O. The van der Waals surface area contributed by atoms with Gasteiger partial charge in [-0.05, 0) is 39.5 Å². The fraction of sp³-hybridized carbons (Fsp3) is 0.769. The summed E-state index contributed by atoms with van der Waals surface area (Å²) >= 11 is 0. The van der Waals surface area contributed by atoms with Crippen LogP contribution >= 0.6 is 0 Å². The van der Waals surface area contributed by atoms with Crippen LogP contribution in [0.25, 0.3) is 0 Å². The minimum atomic E-state index is -0.122. The molecule has 1 aliphatic carbocycles. The van der Waals surface area contributed by atoms with Gasteiger partial charge < -0.3 is 10.4 Å². The summed E-state index contributed by atoms with van der Waals surface area (Å²) in [5.74, 6) is 0. The van der Waals surface area contributed by atoms with E-state index in [0.29, 0.717) is 12.1 Å². The maximum absolute atomic E-state index is 9.67. The van der Waals surface area contributed by atoms with Gasteiger partial charge in [0.1, 0.15) is 0 Å². The Morgan fingerprint density at radius 1 is 1.53 bits per heavy atom. The van der Waals surface area contributed by atoms with E-state index in [-0.39, 0.29) is 6.10 Å². The summed E-state index contributed by atoms with van der Waals surface area (Å²) in [6.45, 7) is 4.22. The summed E-state index contributed by atoms with van der Waals surface area (Å²) in [7, 11) is 1.95. The van der Waals surface area contributed by atoms with Crippen LogP contribution in [-0.4, -0.2) is 27.0 Å². The van der Waals surface area contributed by atoms with Crippen LogP contribution in [0.15, 0.2) is 6.20 Å². The summed E-state index contributed by atoms with van der Waals surface area (Å²) in [5.41, 5.74) is 2.34. The van der Waals surface area contributed by atoms with E-state index in [0.717, 1.165) is 25.0 Å². The smallest absolute Gasteiger partial charge is 0.0641 e. The highest BCUT2D eigenvalue weighted by molar-refractivity contribution is 5.19. The predicted octanol–water partition coefficient (Wildman–Crippen LogP) is 1.68. The summed E-state index contributed by atoms with van der Waals surface area (Å²) in [5, 5.41) is 17.6. The molecule has 2 rings (SSSR count). The molecule has 1 fully saturated rings. The van der Waals surface area contributed by atoms with Crippen molar-refractivity contribution in [2.24, 2.45) is 7.05 Å². The van der Waals surface area contributed by atoms with Crippen LogP contribution in [0.3, 0.4) is 0 Å². The number of hydrogen-bond donors (Lipinski definition) is 2. The molecule has 1 aromatic heterocycles. The lowest BCUT2D eigenvalue weighted by molar-refractivity contribution is 0.109. The summed E-state index contributed by atoms with van der Waals surface area (Å²) in [6, 6.07) is 0.743. The number of hydrogen-bond acceptors (Lipinski definition) is 3. The molecule has 0 saturated heterocycles. The predicted molar refractivity (Wildman–Crippen MR) is 67.8 cm³/mol. The average Bonchev–Trinajstić information content (AvgIpc) is 2.58. The topological polar surface area (TPSA) is 50.1 Å². The minimum Gasteiger partial charge on any atom is -0.393 e. The van der Waals surface area contributed by atoms with Crippen LogP contribution in [0, 0.1) is 6.92 Å². The van der Waals surface area contributed by atoms with Crippen molar-refractivity contribution in [3.05, 3.63) is 17.5 Å². The number of aliphatic hydroxyl groups excluding tert-OH is 1.